The van der Waals surface area contributed by atoms with Crippen LogP contribution in [-0.4, -0.2) is 36.1 Å². The van der Waals surface area contributed by atoms with Gasteiger partial charge in [0.15, 0.2) is 12.4 Å². The summed E-state index contributed by atoms with van der Waals surface area (Å²) in [5, 5.41) is 8.59. The quantitative estimate of drug-likeness (QED) is 0.627. The Morgan fingerprint density at radius 2 is 2.25 bits per heavy atom. The van der Waals surface area contributed by atoms with Gasteiger partial charge in [-0.05, 0) is 12.8 Å². The van der Waals surface area contributed by atoms with E-state index >= 15 is 0 Å². The van der Waals surface area contributed by atoms with Crippen LogP contribution in [0.2, 0.25) is 0 Å². The van der Waals surface area contributed by atoms with E-state index in [0.717, 1.165) is 12.8 Å². The smallest absolute Gasteiger partial charge is 0.325 e. The molecule has 88 valence electrons. The maximum absolute atomic E-state index is 11.5. The van der Waals surface area contributed by atoms with E-state index in [2.05, 4.69) is 4.74 Å². The molecule has 0 saturated heterocycles. The van der Waals surface area contributed by atoms with Crippen LogP contribution in [0.3, 0.4) is 0 Å². The zero-order chi connectivity index (χ0) is 12.0. The van der Waals surface area contributed by atoms with Crippen molar-refractivity contribution in [2.75, 3.05) is 13.2 Å². The number of rotatable bonds is 5. The molecule has 0 aromatic rings. The first-order valence-corrected chi connectivity index (χ1v) is 5.08. The predicted molar refractivity (Wildman–Crippen MR) is 57.5 cm³/mol. The van der Waals surface area contributed by atoms with Crippen LogP contribution in [0, 0.1) is 0 Å². The van der Waals surface area contributed by atoms with E-state index in [0.29, 0.717) is 5.57 Å². The van der Waals surface area contributed by atoms with Crippen LogP contribution in [0.15, 0.2) is 23.8 Å². The van der Waals surface area contributed by atoms with Gasteiger partial charge in [-0.2, -0.15) is 0 Å². The third-order valence-electron chi connectivity index (χ3n) is 2.16. The first-order valence-electron chi connectivity index (χ1n) is 5.08. The molecule has 0 spiro atoms. The molecule has 0 amide bonds. The summed E-state index contributed by atoms with van der Waals surface area (Å²) in [6.07, 6.45) is 7.16. The van der Waals surface area contributed by atoms with Gasteiger partial charge in [0.25, 0.3) is 0 Å². The second-order valence-corrected chi connectivity index (χ2v) is 3.46. The summed E-state index contributed by atoms with van der Waals surface area (Å²) in [6, 6.07) is -1.08. The van der Waals surface area contributed by atoms with Gasteiger partial charge in [0.05, 0.1) is 6.61 Å². The minimum absolute atomic E-state index is 0.255. The molecule has 5 nitrogen and oxygen atoms in total. The van der Waals surface area contributed by atoms with Crippen molar-refractivity contribution in [3.05, 3.63) is 23.8 Å². The zero-order valence-electron chi connectivity index (χ0n) is 8.89. The second kappa shape index (κ2) is 6.19. The number of Topliss-reactive ketones (excluding diaryl/α,β-unsaturated/α-hetero) is 1. The van der Waals surface area contributed by atoms with E-state index in [1.807, 2.05) is 12.2 Å². The van der Waals surface area contributed by atoms with Crippen LogP contribution in [0.25, 0.3) is 0 Å². The monoisotopic (exact) mass is 225 g/mol. The Hall–Kier alpha value is -1.46. The molecule has 16 heavy (non-hydrogen) atoms. The highest BCUT2D eigenvalue weighted by Crippen LogP contribution is 2.10. The lowest BCUT2D eigenvalue weighted by Gasteiger charge is -2.09. The number of esters is 1. The highest BCUT2D eigenvalue weighted by Gasteiger charge is 2.16. The Balaban J connectivity index is 2.38. The lowest BCUT2D eigenvalue weighted by molar-refractivity contribution is -0.149. The van der Waals surface area contributed by atoms with Crippen molar-refractivity contribution in [1.82, 2.24) is 0 Å². The first-order chi connectivity index (χ1) is 7.65. The summed E-state index contributed by atoms with van der Waals surface area (Å²) < 4.78 is 4.66. The van der Waals surface area contributed by atoms with Crippen molar-refractivity contribution in [3.8, 4) is 0 Å². The van der Waals surface area contributed by atoms with Crippen LogP contribution in [0.5, 0.6) is 0 Å². The molecule has 0 heterocycles. The number of hydrogen-bond donors (Lipinski definition) is 2. The van der Waals surface area contributed by atoms with Crippen molar-refractivity contribution in [2.45, 2.75) is 18.9 Å². The number of carbonyl (C=O) groups is 2. The van der Waals surface area contributed by atoms with E-state index < -0.39 is 18.6 Å². The number of aliphatic hydroxyl groups excluding tert-OH is 1. The highest BCUT2D eigenvalue weighted by molar-refractivity contribution is 6.00. The number of ether oxygens (including phenoxy) is 1. The average Bonchev–Trinajstić information content (AvgIpc) is 2.35. The summed E-state index contributed by atoms with van der Waals surface area (Å²) in [6.45, 7) is -0.821. The van der Waals surface area contributed by atoms with Crippen molar-refractivity contribution in [3.63, 3.8) is 0 Å². The Morgan fingerprint density at radius 1 is 1.50 bits per heavy atom. The van der Waals surface area contributed by atoms with Gasteiger partial charge in [0, 0.05) is 5.57 Å². The third kappa shape index (κ3) is 3.60. The molecule has 0 saturated carbocycles. The van der Waals surface area contributed by atoms with E-state index in [1.54, 1.807) is 6.08 Å². The number of allylic oxidation sites excluding steroid dienone is 3. The molecule has 0 aromatic carbocycles. The molecule has 0 fully saturated rings. The number of hydrogen-bond acceptors (Lipinski definition) is 5. The molecule has 1 aliphatic carbocycles. The van der Waals surface area contributed by atoms with Gasteiger partial charge in [-0.1, -0.05) is 18.2 Å². The van der Waals surface area contributed by atoms with Crippen LogP contribution in [-0.2, 0) is 14.3 Å². The zero-order valence-corrected chi connectivity index (χ0v) is 8.89. The number of aliphatic hydroxyl groups is 1. The van der Waals surface area contributed by atoms with E-state index in [9.17, 15) is 9.59 Å². The maximum Gasteiger partial charge on any atom is 0.325 e. The molecule has 0 aliphatic heterocycles. The molecule has 3 N–H and O–H groups in total. The molecular formula is C11H15NO4. The SMILES string of the molecule is NC(CO)C(=O)OCC(=O)C1=CCCC=C1. The third-order valence-corrected chi connectivity index (χ3v) is 2.16. The molecule has 5 heteroatoms. The summed E-state index contributed by atoms with van der Waals surface area (Å²) >= 11 is 0. The maximum atomic E-state index is 11.5. The van der Waals surface area contributed by atoms with Gasteiger partial charge >= 0.3 is 5.97 Å². The van der Waals surface area contributed by atoms with E-state index in [4.69, 9.17) is 10.8 Å². The van der Waals surface area contributed by atoms with Gasteiger partial charge in [0.1, 0.15) is 6.04 Å². The number of carbonyl (C=O) groups excluding carboxylic acids is 2. The minimum atomic E-state index is -1.08. The Kier molecular flexibility index (Phi) is 4.88. The molecule has 1 aliphatic rings. The van der Waals surface area contributed by atoms with E-state index in [1.165, 1.54) is 0 Å². The number of ketones is 1. The number of nitrogens with two attached hydrogens (primary N) is 1. The van der Waals surface area contributed by atoms with Crippen molar-refractivity contribution in [2.24, 2.45) is 5.73 Å². The molecule has 1 atom stereocenters. The van der Waals surface area contributed by atoms with Gasteiger partial charge in [-0.3, -0.25) is 9.59 Å². The van der Waals surface area contributed by atoms with Gasteiger partial charge in [-0.15, -0.1) is 0 Å². The standard InChI is InChI=1S/C11H15NO4/c12-9(6-13)11(15)16-7-10(14)8-4-2-1-3-5-8/h2,4-5,9,13H,1,3,6-7,12H2. The Bertz CT molecular complexity index is 333. The Labute approximate surface area is 93.6 Å². The van der Waals surface area contributed by atoms with Crippen molar-refractivity contribution >= 4 is 11.8 Å². The van der Waals surface area contributed by atoms with Crippen molar-refractivity contribution < 1.29 is 19.4 Å². The van der Waals surface area contributed by atoms with Crippen LogP contribution in [0.4, 0.5) is 0 Å². The minimum Gasteiger partial charge on any atom is -0.456 e. The lowest BCUT2D eigenvalue weighted by Crippen LogP contribution is -2.36. The summed E-state index contributed by atoms with van der Waals surface area (Å²) in [5.41, 5.74) is 5.77. The average molecular weight is 225 g/mol. The van der Waals surface area contributed by atoms with Crippen LogP contribution in [0.1, 0.15) is 12.8 Å². The molecule has 0 radical (unpaired) electrons. The van der Waals surface area contributed by atoms with Crippen LogP contribution < -0.4 is 5.73 Å². The second-order valence-electron chi connectivity index (χ2n) is 3.46. The van der Waals surface area contributed by atoms with Crippen molar-refractivity contribution in [1.29, 1.82) is 0 Å². The molecule has 0 aromatic heterocycles. The summed E-state index contributed by atoms with van der Waals surface area (Å²) in [5.74, 6) is -1.02. The lowest BCUT2D eigenvalue weighted by atomic mass is 10.0. The highest BCUT2D eigenvalue weighted by atomic mass is 16.5. The predicted octanol–water partition coefficient (Wildman–Crippen LogP) is -0.305. The fourth-order valence-electron chi connectivity index (χ4n) is 1.22. The first kappa shape index (κ1) is 12.6. The fraction of sp³-hybridized carbons (Fsp3) is 0.455. The molecular weight excluding hydrogens is 210 g/mol. The molecule has 0 bridgehead atoms. The fourth-order valence-corrected chi connectivity index (χ4v) is 1.22. The topological polar surface area (TPSA) is 89.6 Å². The normalized spacial score (nSPS) is 16.5. The van der Waals surface area contributed by atoms with Gasteiger partial charge in [-0.25, -0.2) is 0 Å². The summed E-state index contributed by atoms with van der Waals surface area (Å²) in [4.78, 5) is 22.6. The van der Waals surface area contributed by atoms with E-state index in [-0.39, 0.29) is 12.4 Å². The van der Waals surface area contributed by atoms with Crippen LogP contribution >= 0.6 is 0 Å². The van der Waals surface area contributed by atoms with Gasteiger partial charge in [0.2, 0.25) is 0 Å². The molecule has 1 unspecified atom stereocenters. The summed E-state index contributed by atoms with van der Waals surface area (Å²) in [7, 11) is 0. The largest absolute Gasteiger partial charge is 0.456 e. The Morgan fingerprint density at radius 3 is 2.81 bits per heavy atom. The van der Waals surface area contributed by atoms with Gasteiger partial charge < -0.3 is 15.6 Å². The molecule has 1 rings (SSSR count).